The predicted molar refractivity (Wildman–Crippen MR) is 115 cm³/mol. The molecule has 2 aromatic rings. The molecular weight excluding hydrogens is 388 g/mol. The van der Waals surface area contributed by atoms with Gasteiger partial charge in [0.1, 0.15) is 11.5 Å². The van der Waals surface area contributed by atoms with Gasteiger partial charge in [-0.1, -0.05) is 24.3 Å². The largest absolute Gasteiger partial charge is 0.497 e. The fraction of sp³-hybridized carbons (Fsp3) is 0.391. The number of hydrogen-bond acceptors (Lipinski definition) is 5. The molecule has 0 saturated heterocycles. The second kappa shape index (κ2) is 9.19. The molecule has 0 aliphatic heterocycles. The van der Waals surface area contributed by atoms with Gasteiger partial charge < -0.3 is 14.2 Å². The molecule has 154 valence electrons. The maximum Gasteiger partial charge on any atom is 0.191 e. The molecule has 0 amide bonds. The molecule has 2 aromatic carbocycles. The molecule has 2 aliphatic rings. The van der Waals surface area contributed by atoms with Crippen LogP contribution in [0, 0.1) is 16.7 Å². The average molecular weight is 415 g/mol. The summed E-state index contributed by atoms with van der Waals surface area (Å²) >= 11 is 0. The van der Waals surface area contributed by atoms with Crippen LogP contribution in [0.15, 0.2) is 48.5 Å². The van der Waals surface area contributed by atoms with Crippen LogP contribution in [0.1, 0.15) is 36.8 Å². The Bertz CT molecular complexity index is 899. The fourth-order valence-electron chi connectivity index (χ4n) is 3.40. The van der Waals surface area contributed by atoms with Gasteiger partial charge in [-0.3, -0.25) is 5.41 Å². The molecule has 0 bridgehead atoms. The Morgan fingerprint density at radius 2 is 1.41 bits per heavy atom. The monoisotopic (exact) mass is 414 g/mol. The first-order chi connectivity index (χ1) is 13.5. The molecule has 0 spiro atoms. The normalized spacial score (nSPS) is 16.6. The summed E-state index contributed by atoms with van der Waals surface area (Å²) in [7, 11) is 4.86. The second-order valence-electron chi connectivity index (χ2n) is 7.27. The third kappa shape index (κ3) is 4.65. The summed E-state index contributed by atoms with van der Waals surface area (Å²) in [6.07, 6.45) is 3.95. The topological polar surface area (TPSA) is 75.3 Å². The van der Waals surface area contributed by atoms with Crippen LogP contribution >= 0.6 is 12.4 Å². The third-order valence-corrected chi connectivity index (χ3v) is 5.60. The Labute approximate surface area is 178 Å². The lowest BCUT2D eigenvalue weighted by molar-refractivity contribution is 0.373. The predicted octanol–water partition coefficient (Wildman–Crippen LogP) is 5.02. The number of nitriles is 1. The molecule has 0 radical (unpaired) electrons. The molecule has 0 heterocycles. The molecule has 2 saturated carbocycles. The van der Waals surface area contributed by atoms with Gasteiger partial charge in [-0.15, -0.1) is 12.4 Å². The van der Waals surface area contributed by atoms with Gasteiger partial charge in [-0.25, -0.2) is 0 Å². The summed E-state index contributed by atoms with van der Waals surface area (Å²) in [5, 5.41) is 16.8. The quantitative estimate of drug-likeness (QED) is 0.550. The lowest BCUT2D eigenvalue weighted by atomic mass is 9.95. The minimum Gasteiger partial charge on any atom is -0.497 e. The van der Waals surface area contributed by atoms with Crippen LogP contribution in [0.4, 0.5) is 0 Å². The molecule has 29 heavy (non-hydrogen) atoms. The van der Waals surface area contributed by atoms with E-state index in [1.165, 1.54) is 0 Å². The smallest absolute Gasteiger partial charge is 0.191 e. The first-order valence-corrected chi connectivity index (χ1v) is 9.37. The molecule has 0 aromatic heterocycles. The minimum absolute atomic E-state index is 0. The van der Waals surface area contributed by atoms with Crippen molar-refractivity contribution < 1.29 is 14.2 Å². The number of nitrogens with zero attached hydrogens (tertiary/aromatic N) is 1. The summed E-state index contributed by atoms with van der Waals surface area (Å²) in [5.74, 6) is 2.03. The van der Waals surface area contributed by atoms with E-state index in [1.54, 1.807) is 21.3 Å². The summed E-state index contributed by atoms with van der Waals surface area (Å²) < 4.78 is 15.3. The third-order valence-electron chi connectivity index (χ3n) is 5.60. The summed E-state index contributed by atoms with van der Waals surface area (Å²) in [6.45, 7) is 0. The Balaban J connectivity index is 0.000000202. The first-order valence-electron chi connectivity index (χ1n) is 9.37. The highest BCUT2D eigenvalue weighted by Crippen LogP contribution is 2.50. The lowest BCUT2D eigenvalue weighted by Gasteiger charge is -2.16. The van der Waals surface area contributed by atoms with E-state index < -0.39 is 0 Å². The van der Waals surface area contributed by atoms with E-state index in [-0.39, 0.29) is 23.2 Å². The molecule has 1 N–H and O–H groups in total. The van der Waals surface area contributed by atoms with Crippen molar-refractivity contribution in [2.75, 3.05) is 21.3 Å². The van der Waals surface area contributed by atoms with Gasteiger partial charge in [-0.05, 0) is 61.1 Å². The van der Waals surface area contributed by atoms with Crippen LogP contribution in [-0.2, 0) is 15.6 Å². The van der Waals surface area contributed by atoms with Crippen LogP contribution in [0.3, 0.4) is 0 Å². The Kier molecular flexibility index (Phi) is 7.16. The van der Waals surface area contributed by atoms with E-state index in [4.69, 9.17) is 24.9 Å². The van der Waals surface area contributed by atoms with Crippen LogP contribution in [0.2, 0.25) is 0 Å². The molecule has 6 heteroatoms. The van der Waals surface area contributed by atoms with Crippen molar-refractivity contribution in [2.24, 2.45) is 0 Å². The summed E-state index contributed by atoms with van der Waals surface area (Å²) in [6, 6.07) is 18.0. The molecule has 4 rings (SSSR count). The van der Waals surface area contributed by atoms with E-state index in [1.807, 2.05) is 48.5 Å². The number of hydrogen-bond donors (Lipinski definition) is 1. The van der Waals surface area contributed by atoms with Crippen molar-refractivity contribution in [1.29, 1.82) is 10.7 Å². The van der Waals surface area contributed by atoms with E-state index >= 15 is 0 Å². The molecule has 2 aliphatic carbocycles. The van der Waals surface area contributed by atoms with Crippen LogP contribution in [0.25, 0.3) is 0 Å². The number of rotatable bonds is 5. The van der Waals surface area contributed by atoms with Gasteiger partial charge >= 0.3 is 0 Å². The van der Waals surface area contributed by atoms with E-state index in [9.17, 15) is 0 Å². The van der Waals surface area contributed by atoms with E-state index in [2.05, 4.69) is 6.07 Å². The van der Waals surface area contributed by atoms with Gasteiger partial charge in [-0.2, -0.15) is 5.26 Å². The number of methoxy groups -OCH3 is 3. The number of benzene rings is 2. The van der Waals surface area contributed by atoms with E-state index in [0.29, 0.717) is 5.90 Å². The van der Waals surface area contributed by atoms with E-state index in [0.717, 1.165) is 48.3 Å². The Morgan fingerprint density at radius 3 is 1.83 bits per heavy atom. The van der Waals surface area contributed by atoms with Gasteiger partial charge in [0.15, 0.2) is 5.90 Å². The lowest BCUT2D eigenvalue weighted by Crippen LogP contribution is -2.21. The van der Waals surface area contributed by atoms with Crippen molar-refractivity contribution in [1.82, 2.24) is 0 Å². The average Bonchev–Trinajstić information content (AvgIpc) is 3.68. The standard InChI is InChI=1S/C12H15NO2.C11H11NO.ClH/c1-14-10-5-3-4-9(8-10)12(6-7-12)11(13)15-2;1-13-10-4-2-3-9(7-10)11(8-12)5-6-11;/h3-5,8,13H,6-7H2,1-2H3;2-4,7H,5-6H2,1H3;1H. The Morgan fingerprint density at radius 1 is 0.897 bits per heavy atom. The molecule has 5 nitrogen and oxygen atoms in total. The van der Waals surface area contributed by atoms with Crippen LogP contribution in [-0.4, -0.2) is 27.2 Å². The highest BCUT2D eigenvalue weighted by molar-refractivity contribution is 5.88. The van der Waals surface area contributed by atoms with Gasteiger partial charge in [0.05, 0.1) is 38.2 Å². The molecular formula is C23H27ClN2O3. The SMILES string of the molecule is COC(=N)C1(c2cccc(OC)c2)CC1.COc1cccc(C2(C#N)CC2)c1.Cl. The van der Waals surface area contributed by atoms with Crippen molar-refractivity contribution in [3.63, 3.8) is 0 Å². The molecule has 2 fully saturated rings. The first kappa shape index (κ1) is 22.6. The maximum absolute atomic E-state index is 8.98. The highest BCUT2D eigenvalue weighted by atomic mass is 35.5. The minimum atomic E-state index is -0.200. The number of ether oxygens (including phenoxy) is 3. The van der Waals surface area contributed by atoms with Crippen molar-refractivity contribution >= 4 is 18.3 Å². The molecule has 0 atom stereocenters. The highest BCUT2D eigenvalue weighted by Gasteiger charge is 2.50. The van der Waals surface area contributed by atoms with Crippen molar-refractivity contribution in [2.45, 2.75) is 36.5 Å². The summed E-state index contributed by atoms with van der Waals surface area (Å²) in [4.78, 5) is 0. The maximum atomic E-state index is 8.98. The zero-order valence-electron chi connectivity index (χ0n) is 17.0. The van der Waals surface area contributed by atoms with Crippen LogP contribution < -0.4 is 9.47 Å². The second-order valence-corrected chi connectivity index (χ2v) is 7.27. The molecule has 0 unspecified atom stereocenters. The number of halogens is 1. The zero-order chi connectivity index (χ0) is 20.2. The van der Waals surface area contributed by atoms with Crippen molar-refractivity contribution in [3.05, 3.63) is 59.7 Å². The Hall–Kier alpha value is -2.71. The number of nitrogens with one attached hydrogen (secondary N) is 1. The van der Waals surface area contributed by atoms with Gasteiger partial charge in [0.25, 0.3) is 0 Å². The zero-order valence-corrected chi connectivity index (χ0v) is 17.8. The van der Waals surface area contributed by atoms with Gasteiger partial charge in [0, 0.05) is 0 Å². The van der Waals surface area contributed by atoms with Crippen molar-refractivity contribution in [3.8, 4) is 17.6 Å². The van der Waals surface area contributed by atoms with Crippen LogP contribution in [0.5, 0.6) is 11.5 Å². The summed E-state index contributed by atoms with van der Waals surface area (Å²) in [5.41, 5.74) is 1.83. The fourth-order valence-corrected chi connectivity index (χ4v) is 3.40. The van der Waals surface area contributed by atoms with Gasteiger partial charge in [0.2, 0.25) is 0 Å².